The number of carbonyl (C=O) groups excluding carboxylic acids is 1. The molecule has 2 aromatic heterocycles. The number of nitrogens with zero attached hydrogens (tertiary/aromatic N) is 3. The van der Waals surface area contributed by atoms with Crippen molar-refractivity contribution in [2.75, 3.05) is 13.7 Å². The van der Waals surface area contributed by atoms with E-state index in [-0.39, 0.29) is 11.9 Å². The molecule has 29 heavy (non-hydrogen) atoms. The minimum atomic E-state index is -0.0748. The minimum absolute atomic E-state index is 0.0748. The maximum Gasteiger partial charge on any atom is 0.252 e. The van der Waals surface area contributed by atoms with Gasteiger partial charge in [-0.25, -0.2) is 9.67 Å². The van der Waals surface area contributed by atoms with Gasteiger partial charge in [-0.2, -0.15) is 5.10 Å². The Balaban J connectivity index is 1.56. The molecule has 0 radical (unpaired) electrons. The van der Waals surface area contributed by atoms with Crippen LogP contribution >= 0.6 is 0 Å². The smallest absolute Gasteiger partial charge is 0.252 e. The first-order valence-electron chi connectivity index (χ1n) is 10.3. The van der Waals surface area contributed by atoms with Gasteiger partial charge in [0.25, 0.3) is 5.91 Å². The Morgan fingerprint density at radius 1 is 1.31 bits per heavy atom. The lowest BCUT2D eigenvalue weighted by atomic mass is 10.1. The summed E-state index contributed by atoms with van der Waals surface area (Å²) in [7, 11) is 1.67. The molecule has 3 aromatic rings. The molecule has 6 heteroatoms. The first kappa shape index (κ1) is 19.4. The van der Waals surface area contributed by atoms with E-state index < -0.39 is 0 Å². The Morgan fingerprint density at radius 3 is 2.79 bits per heavy atom. The van der Waals surface area contributed by atoms with Crippen molar-refractivity contribution in [2.24, 2.45) is 0 Å². The number of nitrogens with one attached hydrogen (secondary N) is 1. The van der Waals surface area contributed by atoms with Gasteiger partial charge in [0, 0.05) is 24.2 Å². The van der Waals surface area contributed by atoms with Crippen molar-refractivity contribution in [1.29, 1.82) is 0 Å². The van der Waals surface area contributed by atoms with Crippen LogP contribution in [0, 0.1) is 6.92 Å². The molecule has 1 aromatic carbocycles. The number of fused-ring (bicyclic) bond motifs is 1. The summed E-state index contributed by atoms with van der Waals surface area (Å²) < 4.78 is 7.34. The zero-order chi connectivity index (χ0) is 20.5. The summed E-state index contributed by atoms with van der Waals surface area (Å²) in [6.07, 6.45) is 4.76. The molecule has 1 saturated carbocycles. The van der Waals surface area contributed by atoms with Crippen LogP contribution in [0.4, 0.5) is 0 Å². The van der Waals surface area contributed by atoms with E-state index in [2.05, 4.69) is 37.3 Å². The van der Waals surface area contributed by atoms with Gasteiger partial charge in [-0.05, 0) is 57.7 Å². The van der Waals surface area contributed by atoms with E-state index in [9.17, 15) is 4.79 Å². The summed E-state index contributed by atoms with van der Waals surface area (Å²) in [4.78, 5) is 17.9. The van der Waals surface area contributed by atoms with Crippen LogP contribution in [0.15, 0.2) is 30.5 Å². The van der Waals surface area contributed by atoms with Crippen LogP contribution < -0.4 is 10.1 Å². The molecule has 152 valence electrons. The predicted molar refractivity (Wildman–Crippen MR) is 114 cm³/mol. The number of amides is 1. The van der Waals surface area contributed by atoms with Crippen molar-refractivity contribution in [3.63, 3.8) is 0 Å². The van der Waals surface area contributed by atoms with E-state index >= 15 is 0 Å². The Morgan fingerprint density at radius 2 is 2.10 bits per heavy atom. The Bertz CT molecular complexity index is 1050. The van der Waals surface area contributed by atoms with Crippen LogP contribution in [0.2, 0.25) is 0 Å². The first-order valence-corrected chi connectivity index (χ1v) is 10.3. The maximum absolute atomic E-state index is 13.0. The van der Waals surface area contributed by atoms with Gasteiger partial charge >= 0.3 is 0 Å². The highest BCUT2D eigenvalue weighted by atomic mass is 16.5. The van der Waals surface area contributed by atoms with Crippen molar-refractivity contribution in [1.82, 2.24) is 20.1 Å². The number of pyridine rings is 1. The number of carbonyl (C=O) groups is 1. The molecule has 0 aliphatic heterocycles. The fourth-order valence-electron chi connectivity index (χ4n) is 3.70. The van der Waals surface area contributed by atoms with E-state index in [0.29, 0.717) is 24.4 Å². The van der Waals surface area contributed by atoms with Gasteiger partial charge in [0.1, 0.15) is 5.75 Å². The summed E-state index contributed by atoms with van der Waals surface area (Å²) in [5.41, 5.74) is 4.75. The average molecular weight is 393 g/mol. The van der Waals surface area contributed by atoms with E-state index in [1.165, 1.54) is 5.56 Å². The third kappa shape index (κ3) is 3.97. The van der Waals surface area contributed by atoms with Crippen molar-refractivity contribution in [3.05, 3.63) is 52.8 Å². The molecule has 0 bridgehead atoms. The number of benzene rings is 1. The minimum Gasteiger partial charge on any atom is -0.496 e. The van der Waals surface area contributed by atoms with Gasteiger partial charge in [0.05, 0.1) is 24.3 Å². The van der Waals surface area contributed by atoms with Crippen molar-refractivity contribution in [2.45, 2.75) is 52.0 Å². The van der Waals surface area contributed by atoms with Crippen LogP contribution in [-0.4, -0.2) is 34.3 Å². The molecule has 4 rings (SSSR count). The first-order chi connectivity index (χ1) is 14.0. The highest BCUT2D eigenvalue weighted by Gasteiger charge is 2.28. The highest BCUT2D eigenvalue weighted by Crippen LogP contribution is 2.40. The van der Waals surface area contributed by atoms with Crippen LogP contribution in [0.3, 0.4) is 0 Å². The summed E-state index contributed by atoms with van der Waals surface area (Å²) in [6.45, 7) is 6.75. The van der Waals surface area contributed by atoms with Gasteiger partial charge in [0.15, 0.2) is 5.65 Å². The second-order valence-corrected chi connectivity index (χ2v) is 8.11. The molecule has 0 saturated heterocycles. The molecule has 0 spiro atoms. The molecule has 1 amide bonds. The van der Waals surface area contributed by atoms with Gasteiger partial charge in [-0.3, -0.25) is 4.79 Å². The molecule has 1 aliphatic carbocycles. The SMILES string of the molecule is COc1ccc(C)cc1CCNC(=O)c1cc(C2CC2)nc2c1cnn2C(C)C. The number of methoxy groups -OCH3 is 1. The third-order valence-corrected chi connectivity index (χ3v) is 5.43. The molecule has 1 fully saturated rings. The van der Waals surface area contributed by atoms with Gasteiger partial charge in [-0.1, -0.05) is 17.7 Å². The van der Waals surface area contributed by atoms with Crippen molar-refractivity contribution >= 4 is 16.9 Å². The van der Waals surface area contributed by atoms with E-state index in [1.54, 1.807) is 13.3 Å². The quantitative estimate of drug-likeness (QED) is 0.655. The summed E-state index contributed by atoms with van der Waals surface area (Å²) >= 11 is 0. The number of aryl methyl sites for hydroxylation is 1. The summed E-state index contributed by atoms with van der Waals surface area (Å²) in [5, 5.41) is 8.37. The Labute approximate surface area is 171 Å². The number of aromatic nitrogens is 3. The monoisotopic (exact) mass is 392 g/mol. The normalized spacial score (nSPS) is 13.8. The second kappa shape index (κ2) is 7.85. The Kier molecular flexibility index (Phi) is 5.26. The van der Waals surface area contributed by atoms with Gasteiger partial charge < -0.3 is 10.1 Å². The highest BCUT2D eigenvalue weighted by molar-refractivity contribution is 6.05. The summed E-state index contributed by atoms with van der Waals surface area (Å²) in [5.74, 6) is 1.25. The van der Waals surface area contributed by atoms with E-state index in [0.717, 1.165) is 40.9 Å². The molecular formula is C23H28N4O2. The van der Waals surface area contributed by atoms with Gasteiger partial charge in [-0.15, -0.1) is 0 Å². The number of hydrogen-bond donors (Lipinski definition) is 1. The van der Waals surface area contributed by atoms with E-state index in [4.69, 9.17) is 9.72 Å². The lowest BCUT2D eigenvalue weighted by Gasteiger charge is -2.12. The molecule has 6 nitrogen and oxygen atoms in total. The van der Waals surface area contributed by atoms with E-state index in [1.807, 2.05) is 22.9 Å². The van der Waals surface area contributed by atoms with Crippen LogP contribution in [0.5, 0.6) is 5.75 Å². The molecular weight excluding hydrogens is 364 g/mol. The topological polar surface area (TPSA) is 69.0 Å². The summed E-state index contributed by atoms with van der Waals surface area (Å²) in [6, 6.07) is 8.25. The average Bonchev–Trinajstić information content (AvgIpc) is 3.46. The third-order valence-electron chi connectivity index (χ3n) is 5.43. The largest absolute Gasteiger partial charge is 0.496 e. The zero-order valence-corrected chi connectivity index (χ0v) is 17.5. The van der Waals surface area contributed by atoms with Crippen LogP contribution in [-0.2, 0) is 6.42 Å². The van der Waals surface area contributed by atoms with Crippen LogP contribution in [0.1, 0.15) is 65.8 Å². The second-order valence-electron chi connectivity index (χ2n) is 8.11. The molecule has 1 N–H and O–H groups in total. The maximum atomic E-state index is 13.0. The van der Waals surface area contributed by atoms with Gasteiger partial charge in [0.2, 0.25) is 0 Å². The standard InChI is InChI=1S/C23H28N4O2/c1-14(2)27-22-19(13-25-27)18(12-20(26-22)16-6-7-16)23(28)24-10-9-17-11-15(3)5-8-21(17)29-4/h5,8,11-14,16H,6-7,9-10H2,1-4H3,(H,24,28). The Hall–Kier alpha value is -2.89. The number of hydrogen-bond acceptors (Lipinski definition) is 4. The number of rotatable bonds is 7. The lowest BCUT2D eigenvalue weighted by Crippen LogP contribution is -2.26. The number of ether oxygens (including phenoxy) is 1. The van der Waals surface area contributed by atoms with Crippen molar-refractivity contribution in [3.8, 4) is 5.75 Å². The predicted octanol–water partition coefficient (Wildman–Crippen LogP) is 4.18. The zero-order valence-electron chi connectivity index (χ0n) is 17.5. The molecule has 1 aliphatic rings. The molecule has 0 unspecified atom stereocenters. The molecule has 2 heterocycles. The molecule has 0 atom stereocenters. The fraction of sp³-hybridized carbons (Fsp3) is 0.435. The fourth-order valence-corrected chi connectivity index (χ4v) is 3.70. The van der Waals surface area contributed by atoms with Crippen LogP contribution in [0.25, 0.3) is 11.0 Å². The lowest BCUT2D eigenvalue weighted by molar-refractivity contribution is 0.0955. The van der Waals surface area contributed by atoms with Crippen molar-refractivity contribution < 1.29 is 9.53 Å².